The lowest BCUT2D eigenvalue weighted by Crippen LogP contribution is -1.87. The zero-order valence-electron chi connectivity index (χ0n) is 8.98. The Balaban J connectivity index is 4.44. The van der Waals surface area contributed by atoms with Crippen LogP contribution in [-0.2, 0) is 0 Å². The van der Waals surface area contributed by atoms with Crippen molar-refractivity contribution < 1.29 is 0 Å². The Hall–Kier alpha value is -0.520. The Kier molecular flexibility index (Phi) is 6.84. The van der Waals surface area contributed by atoms with Crippen molar-refractivity contribution >= 4 is 0 Å². The summed E-state index contributed by atoms with van der Waals surface area (Å²) in [4.78, 5) is 0. The second kappa shape index (κ2) is 7.15. The minimum Gasteiger partial charge on any atom is -0.0813 e. The maximum atomic E-state index is 2.35. The quantitative estimate of drug-likeness (QED) is 0.528. The van der Waals surface area contributed by atoms with Crippen LogP contribution in [0.25, 0.3) is 0 Å². The Bertz CT molecular complexity index is 141. The highest BCUT2D eigenvalue weighted by Crippen LogP contribution is 2.18. The van der Waals surface area contributed by atoms with Gasteiger partial charge in [-0.25, -0.2) is 0 Å². The Morgan fingerprint density at radius 2 is 1.08 bits per heavy atom. The Morgan fingerprint density at radius 3 is 1.25 bits per heavy atom. The lowest BCUT2D eigenvalue weighted by molar-refractivity contribution is 0.985. The van der Waals surface area contributed by atoms with Crippen LogP contribution < -0.4 is 0 Å². The van der Waals surface area contributed by atoms with Gasteiger partial charge in [-0.3, -0.25) is 0 Å². The molecule has 0 nitrogen and oxygen atoms in total. The molecular weight excluding hydrogens is 144 g/mol. The first-order chi connectivity index (χ1) is 5.79. The van der Waals surface area contributed by atoms with Crippen LogP contribution in [0.3, 0.4) is 0 Å². The summed E-state index contributed by atoms with van der Waals surface area (Å²) in [5.74, 6) is 0. The maximum Gasteiger partial charge on any atom is -0.0308 e. The molecule has 0 atom stereocenters. The van der Waals surface area contributed by atoms with E-state index in [-0.39, 0.29) is 0 Å². The lowest BCUT2D eigenvalue weighted by Gasteiger charge is -2.07. The monoisotopic (exact) mass is 166 g/mol. The average Bonchev–Trinajstić information content (AvgIpc) is 2.11. The van der Waals surface area contributed by atoms with E-state index in [0.29, 0.717) is 0 Å². The van der Waals surface area contributed by atoms with Gasteiger partial charge in [-0.05, 0) is 36.8 Å². The molecule has 0 saturated carbocycles. The molecule has 0 aliphatic heterocycles. The van der Waals surface area contributed by atoms with Crippen molar-refractivity contribution in [1.29, 1.82) is 0 Å². The van der Waals surface area contributed by atoms with Crippen LogP contribution in [0.15, 0.2) is 23.3 Å². The van der Waals surface area contributed by atoms with Crippen LogP contribution in [0, 0.1) is 0 Å². The molecule has 0 aromatic heterocycles. The third kappa shape index (κ3) is 3.75. The SMILES string of the molecule is CC/C=C(CC)\C(=C\CC)CC. The Labute approximate surface area is 77.4 Å². The summed E-state index contributed by atoms with van der Waals surface area (Å²) >= 11 is 0. The summed E-state index contributed by atoms with van der Waals surface area (Å²) in [6.07, 6.45) is 9.37. The molecular formula is C12H22. The molecule has 0 aromatic rings. The normalized spacial score (nSPS) is 13.7. The zero-order chi connectivity index (χ0) is 9.40. The molecule has 0 amide bonds. The van der Waals surface area contributed by atoms with E-state index in [1.165, 1.54) is 12.8 Å². The van der Waals surface area contributed by atoms with Gasteiger partial charge in [0.2, 0.25) is 0 Å². The molecule has 0 saturated heterocycles. The van der Waals surface area contributed by atoms with E-state index in [2.05, 4.69) is 39.8 Å². The second-order valence-electron chi connectivity index (χ2n) is 2.98. The number of allylic oxidation sites excluding steroid dienone is 4. The van der Waals surface area contributed by atoms with E-state index >= 15 is 0 Å². The van der Waals surface area contributed by atoms with Gasteiger partial charge in [-0.15, -0.1) is 0 Å². The van der Waals surface area contributed by atoms with Crippen LogP contribution >= 0.6 is 0 Å². The molecule has 0 N–H and O–H groups in total. The molecule has 0 aliphatic rings. The van der Waals surface area contributed by atoms with E-state index in [1.807, 2.05) is 0 Å². The van der Waals surface area contributed by atoms with E-state index in [1.54, 1.807) is 11.1 Å². The first-order valence-corrected chi connectivity index (χ1v) is 5.18. The largest absolute Gasteiger partial charge is 0.0813 e. The van der Waals surface area contributed by atoms with Crippen LogP contribution in [0.5, 0.6) is 0 Å². The molecule has 0 aliphatic carbocycles. The molecule has 0 heterocycles. The maximum absolute atomic E-state index is 2.35. The van der Waals surface area contributed by atoms with Crippen LogP contribution in [-0.4, -0.2) is 0 Å². The fraction of sp³-hybridized carbons (Fsp3) is 0.667. The molecule has 0 bridgehead atoms. The summed E-state index contributed by atoms with van der Waals surface area (Å²) in [6.45, 7) is 8.88. The third-order valence-corrected chi connectivity index (χ3v) is 2.08. The van der Waals surface area contributed by atoms with Gasteiger partial charge in [-0.1, -0.05) is 39.8 Å². The highest BCUT2D eigenvalue weighted by molar-refractivity contribution is 5.30. The molecule has 12 heavy (non-hydrogen) atoms. The summed E-state index contributed by atoms with van der Waals surface area (Å²) in [7, 11) is 0. The fourth-order valence-corrected chi connectivity index (χ4v) is 1.50. The second-order valence-corrected chi connectivity index (χ2v) is 2.98. The van der Waals surface area contributed by atoms with Gasteiger partial charge in [0, 0.05) is 0 Å². The molecule has 0 aromatic carbocycles. The molecule has 0 fully saturated rings. The van der Waals surface area contributed by atoms with Crippen molar-refractivity contribution in [2.45, 2.75) is 53.4 Å². The minimum atomic E-state index is 1.16. The zero-order valence-corrected chi connectivity index (χ0v) is 8.98. The van der Waals surface area contributed by atoms with Gasteiger partial charge in [0.1, 0.15) is 0 Å². The fourth-order valence-electron chi connectivity index (χ4n) is 1.50. The topological polar surface area (TPSA) is 0 Å². The van der Waals surface area contributed by atoms with Gasteiger partial charge < -0.3 is 0 Å². The van der Waals surface area contributed by atoms with Crippen molar-refractivity contribution in [1.82, 2.24) is 0 Å². The van der Waals surface area contributed by atoms with Crippen LogP contribution in [0.2, 0.25) is 0 Å². The number of hydrogen-bond donors (Lipinski definition) is 0. The summed E-state index contributed by atoms with van der Waals surface area (Å²) in [6, 6.07) is 0. The molecule has 0 unspecified atom stereocenters. The predicted molar refractivity (Wildman–Crippen MR) is 57.3 cm³/mol. The van der Waals surface area contributed by atoms with E-state index < -0.39 is 0 Å². The predicted octanol–water partition coefficient (Wildman–Crippen LogP) is 4.48. The van der Waals surface area contributed by atoms with Crippen molar-refractivity contribution in [3.05, 3.63) is 23.3 Å². The van der Waals surface area contributed by atoms with E-state index in [9.17, 15) is 0 Å². The van der Waals surface area contributed by atoms with Crippen LogP contribution in [0.4, 0.5) is 0 Å². The molecule has 0 radical (unpaired) electrons. The molecule has 0 rings (SSSR count). The smallest absolute Gasteiger partial charge is 0.0308 e. The van der Waals surface area contributed by atoms with Gasteiger partial charge >= 0.3 is 0 Å². The highest BCUT2D eigenvalue weighted by atomic mass is 14.0. The first-order valence-electron chi connectivity index (χ1n) is 5.18. The minimum absolute atomic E-state index is 1.16. The average molecular weight is 166 g/mol. The van der Waals surface area contributed by atoms with E-state index in [4.69, 9.17) is 0 Å². The van der Waals surface area contributed by atoms with Crippen molar-refractivity contribution in [3.63, 3.8) is 0 Å². The first kappa shape index (κ1) is 11.5. The van der Waals surface area contributed by atoms with Crippen molar-refractivity contribution in [3.8, 4) is 0 Å². The summed E-state index contributed by atoms with van der Waals surface area (Å²) < 4.78 is 0. The number of rotatable bonds is 5. The lowest BCUT2D eigenvalue weighted by atomic mass is 9.99. The third-order valence-electron chi connectivity index (χ3n) is 2.08. The standard InChI is InChI=1S/C12H22/c1-5-9-11(7-3)12(8-4)10-6-2/h9-10H,5-8H2,1-4H3/b11-9-,12-10+. The molecule has 0 spiro atoms. The number of hydrogen-bond acceptors (Lipinski definition) is 0. The highest BCUT2D eigenvalue weighted by Gasteiger charge is 1.98. The van der Waals surface area contributed by atoms with Gasteiger partial charge in [0.15, 0.2) is 0 Å². The van der Waals surface area contributed by atoms with Crippen molar-refractivity contribution in [2.24, 2.45) is 0 Å². The van der Waals surface area contributed by atoms with Crippen molar-refractivity contribution in [2.75, 3.05) is 0 Å². The van der Waals surface area contributed by atoms with Gasteiger partial charge in [0.05, 0.1) is 0 Å². The molecule has 0 heteroatoms. The summed E-state index contributed by atoms with van der Waals surface area (Å²) in [5, 5.41) is 0. The summed E-state index contributed by atoms with van der Waals surface area (Å²) in [5.41, 5.74) is 3.09. The van der Waals surface area contributed by atoms with E-state index in [0.717, 1.165) is 12.8 Å². The van der Waals surface area contributed by atoms with Gasteiger partial charge in [0.25, 0.3) is 0 Å². The Morgan fingerprint density at radius 1 is 0.750 bits per heavy atom. The van der Waals surface area contributed by atoms with Gasteiger partial charge in [-0.2, -0.15) is 0 Å². The van der Waals surface area contributed by atoms with Crippen LogP contribution in [0.1, 0.15) is 53.4 Å². The molecule has 70 valence electrons.